The van der Waals surface area contributed by atoms with Crippen LogP contribution in [0.25, 0.3) is 11.1 Å². The van der Waals surface area contributed by atoms with E-state index in [2.05, 4.69) is 85.4 Å². The van der Waals surface area contributed by atoms with E-state index in [1.54, 1.807) is 10.8 Å². The Labute approximate surface area is 221 Å². The van der Waals surface area contributed by atoms with Crippen molar-refractivity contribution in [2.75, 3.05) is 0 Å². The van der Waals surface area contributed by atoms with Gasteiger partial charge in [-0.05, 0) is 16.6 Å². The number of halogens is 3. The Kier molecular flexibility index (Phi) is 11.1. The van der Waals surface area contributed by atoms with Gasteiger partial charge in [-0.15, -0.1) is 11.1 Å². The Morgan fingerprint density at radius 1 is 0.742 bits per heavy atom. The van der Waals surface area contributed by atoms with E-state index in [4.69, 9.17) is 0 Å². The Morgan fingerprint density at radius 3 is 2.06 bits per heavy atom. The van der Waals surface area contributed by atoms with Crippen LogP contribution in [0.15, 0.2) is 72.8 Å². The van der Waals surface area contributed by atoms with Gasteiger partial charge in [0, 0.05) is 0 Å². The van der Waals surface area contributed by atoms with E-state index in [0.717, 1.165) is 5.54 Å². The summed E-state index contributed by atoms with van der Waals surface area (Å²) in [6.45, 7) is 2.68. The molecule has 5 rings (SSSR count). The molecule has 0 bridgehead atoms. The zero-order valence-electron chi connectivity index (χ0n) is 17.8. The van der Waals surface area contributed by atoms with Gasteiger partial charge in [0.2, 0.25) is 0 Å². The third-order valence-electron chi connectivity index (χ3n) is 7.19. The molecule has 5 heteroatoms. The minimum Gasteiger partial charge on any atom is -1.00 e. The van der Waals surface area contributed by atoms with Crippen LogP contribution in [0, 0.1) is 6.07 Å². The second-order valence-corrected chi connectivity index (χ2v) is 13.0. The molecule has 3 aromatic carbocycles. The van der Waals surface area contributed by atoms with Crippen molar-refractivity contribution in [2.24, 2.45) is 0 Å². The first-order valence-corrected chi connectivity index (χ1v) is 13.1. The van der Waals surface area contributed by atoms with Crippen molar-refractivity contribution >= 4 is 13.3 Å². The molecular formula is C26H27Cl3SiTi. The fourth-order valence-electron chi connectivity index (χ4n) is 5.83. The Morgan fingerprint density at radius 2 is 1.35 bits per heavy atom. The maximum Gasteiger partial charge on any atom is 4.00 e. The summed E-state index contributed by atoms with van der Waals surface area (Å²) in [6, 6.07) is 30.9. The van der Waals surface area contributed by atoms with Gasteiger partial charge in [-0.3, -0.25) is 0 Å². The normalized spacial score (nSPS) is 18.5. The predicted molar refractivity (Wildman–Crippen MR) is 117 cm³/mol. The molecule has 0 nitrogen and oxygen atoms in total. The number of hydrogen-bond acceptors (Lipinski definition) is 0. The molecule has 2 atom stereocenters. The molecule has 31 heavy (non-hydrogen) atoms. The first-order valence-electron chi connectivity index (χ1n) is 10.5. The zero-order chi connectivity index (χ0) is 18.3. The van der Waals surface area contributed by atoms with Crippen molar-refractivity contribution in [1.82, 2.24) is 0 Å². The Balaban J connectivity index is 0.00000120. The molecule has 0 aliphatic heterocycles. The third kappa shape index (κ3) is 4.88. The summed E-state index contributed by atoms with van der Waals surface area (Å²) < 4.78 is 0. The summed E-state index contributed by atoms with van der Waals surface area (Å²) in [4.78, 5) is 0. The van der Waals surface area contributed by atoms with Gasteiger partial charge in [0.1, 0.15) is 0 Å². The molecule has 0 amide bonds. The summed E-state index contributed by atoms with van der Waals surface area (Å²) in [7, 11) is -1.83. The molecular weight excluding hydrogens is 495 g/mol. The summed E-state index contributed by atoms with van der Waals surface area (Å²) in [5.74, 6) is 0. The van der Waals surface area contributed by atoms with Crippen LogP contribution < -0.4 is 42.4 Å². The van der Waals surface area contributed by atoms with Crippen molar-refractivity contribution < 1.29 is 58.9 Å². The fourth-order valence-corrected chi connectivity index (χ4v) is 11.4. The third-order valence-corrected chi connectivity index (χ3v) is 12.8. The fraction of sp³-hybridized carbons (Fsp3) is 0.308. The van der Waals surface area contributed by atoms with Crippen molar-refractivity contribution in [3.05, 3.63) is 90.0 Å². The van der Waals surface area contributed by atoms with E-state index in [-0.39, 0.29) is 58.9 Å². The topological polar surface area (TPSA) is 0 Å². The predicted octanol–water partition coefficient (Wildman–Crippen LogP) is -2.53. The van der Waals surface area contributed by atoms with Gasteiger partial charge in [-0.1, -0.05) is 104 Å². The molecule has 2 aliphatic rings. The number of hydrogen-bond donors (Lipinski definition) is 0. The number of fused-ring (bicyclic) bond motifs is 3. The molecule has 0 N–H and O–H groups in total. The van der Waals surface area contributed by atoms with E-state index in [0.29, 0.717) is 5.54 Å². The van der Waals surface area contributed by atoms with Gasteiger partial charge < -0.3 is 37.2 Å². The van der Waals surface area contributed by atoms with Crippen LogP contribution >= 0.6 is 0 Å². The Hall–Kier alpha value is -0.539. The second-order valence-electron chi connectivity index (χ2n) is 8.50. The SMILES string of the molecule is C[Si](c1ccccc1)(C1CCCCC1)C1c2[c-]cccc2-c2ccccc21.[Cl-].[Cl-].[Cl-].[Ti+4]. The molecule has 0 saturated heterocycles. The standard InChI is InChI=1S/C26H27Si.3ClH.Ti/c1-27(20-12-4-2-5-13-20,21-14-6-3-7-15-21)26-24-18-10-8-16-22(24)23-17-9-11-19-25(23)26;;;;/h2,4-5,8-13,16-18,21,26H,3,6-7,14-15H2,1H3;3*1H;/q-1;;;;+4/p-3. The van der Waals surface area contributed by atoms with Crippen molar-refractivity contribution in [1.29, 1.82) is 0 Å². The van der Waals surface area contributed by atoms with Crippen LogP contribution in [0.4, 0.5) is 0 Å². The maximum atomic E-state index is 3.70. The van der Waals surface area contributed by atoms with Crippen LogP contribution in [0.5, 0.6) is 0 Å². The zero-order valence-corrected chi connectivity index (χ0v) is 22.6. The molecule has 160 valence electrons. The maximum absolute atomic E-state index is 3.70. The van der Waals surface area contributed by atoms with Crippen LogP contribution in [0.1, 0.15) is 48.8 Å². The van der Waals surface area contributed by atoms with Crippen LogP contribution in [0.3, 0.4) is 0 Å². The van der Waals surface area contributed by atoms with E-state index in [9.17, 15) is 0 Å². The van der Waals surface area contributed by atoms with E-state index in [1.807, 2.05) is 0 Å². The summed E-state index contributed by atoms with van der Waals surface area (Å²) in [5.41, 5.74) is 7.26. The first kappa shape index (κ1) is 28.5. The van der Waals surface area contributed by atoms with Crippen LogP contribution in [-0.4, -0.2) is 8.07 Å². The smallest absolute Gasteiger partial charge is 1.00 e. The number of benzene rings is 3. The first-order chi connectivity index (χ1) is 13.3. The molecule has 2 aliphatic carbocycles. The van der Waals surface area contributed by atoms with Crippen molar-refractivity contribution in [3.8, 4) is 11.1 Å². The average molecular weight is 522 g/mol. The van der Waals surface area contributed by atoms with E-state index in [1.165, 1.54) is 48.8 Å². The molecule has 0 aromatic heterocycles. The minimum absolute atomic E-state index is 0. The summed E-state index contributed by atoms with van der Waals surface area (Å²) in [5, 5.41) is 1.63. The molecule has 0 heterocycles. The Bertz CT molecular complexity index is 914. The largest absolute Gasteiger partial charge is 4.00 e. The van der Waals surface area contributed by atoms with Crippen LogP contribution in [0.2, 0.25) is 12.1 Å². The van der Waals surface area contributed by atoms with Gasteiger partial charge in [-0.2, -0.15) is 24.3 Å². The second kappa shape index (κ2) is 12.1. The molecule has 0 radical (unpaired) electrons. The van der Waals surface area contributed by atoms with Crippen molar-refractivity contribution in [2.45, 2.75) is 49.7 Å². The van der Waals surface area contributed by atoms with Gasteiger partial charge in [0.25, 0.3) is 0 Å². The average Bonchev–Trinajstić information content (AvgIpc) is 3.09. The van der Waals surface area contributed by atoms with Gasteiger partial charge in [0.05, 0.1) is 8.07 Å². The van der Waals surface area contributed by atoms with Crippen molar-refractivity contribution in [3.63, 3.8) is 0 Å². The summed E-state index contributed by atoms with van der Waals surface area (Å²) >= 11 is 0. The monoisotopic (exact) mass is 520 g/mol. The van der Waals surface area contributed by atoms with Gasteiger partial charge in [-0.25, -0.2) is 0 Å². The molecule has 1 saturated carbocycles. The number of rotatable bonds is 3. The molecule has 1 fully saturated rings. The summed E-state index contributed by atoms with van der Waals surface area (Å²) in [6.07, 6.45) is 7.02. The van der Waals surface area contributed by atoms with Gasteiger partial charge in [0.15, 0.2) is 0 Å². The molecule has 3 aromatic rings. The van der Waals surface area contributed by atoms with E-state index < -0.39 is 8.07 Å². The van der Waals surface area contributed by atoms with E-state index >= 15 is 0 Å². The minimum atomic E-state index is -1.83. The van der Waals surface area contributed by atoms with Gasteiger partial charge >= 0.3 is 21.7 Å². The van der Waals surface area contributed by atoms with Crippen LogP contribution in [-0.2, 0) is 21.7 Å². The quantitative estimate of drug-likeness (QED) is 0.264. The molecule has 2 unspecified atom stereocenters. The molecule has 0 spiro atoms.